The Labute approximate surface area is 103 Å². The zero-order chi connectivity index (χ0) is 12.3. The van der Waals surface area contributed by atoms with Gasteiger partial charge in [-0.2, -0.15) is 0 Å². The molecule has 17 heavy (non-hydrogen) atoms. The Morgan fingerprint density at radius 1 is 1.41 bits per heavy atom. The van der Waals surface area contributed by atoms with Crippen LogP contribution in [0.2, 0.25) is 0 Å². The number of rotatable bonds is 4. The lowest BCUT2D eigenvalue weighted by atomic mass is 10.1. The number of nitrogens with two attached hydrogens (primary N) is 1. The van der Waals surface area contributed by atoms with Crippen molar-refractivity contribution in [3.8, 4) is 0 Å². The van der Waals surface area contributed by atoms with Crippen LogP contribution in [-0.4, -0.2) is 4.99 Å². The van der Waals surface area contributed by atoms with Gasteiger partial charge < -0.3 is 15.5 Å². The summed E-state index contributed by atoms with van der Waals surface area (Å²) in [6.07, 6.45) is 1.59. The van der Waals surface area contributed by atoms with Crippen molar-refractivity contribution < 1.29 is 8.81 Å². The van der Waals surface area contributed by atoms with Crippen LogP contribution in [0.15, 0.2) is 41.0 Å². The zero-order valence-corrected chi connectivity index (χ0v) is 9.76. The lowest BCUT2D eigenvalue weighted by molar-refractivity contribution is 0.518. The highest BCUT2D eigenvalue weighted by molar-refractivity contribution is 7.80. The van der Waals surface area contributed by atoms with Crippen molar-refractivity contribution in [1.82, 2.24) is 0 Å². The Kier molecular flexibility index (Phi) is 3.39. The monoisotopic (exact) mass is 250 g/mol. The van der Waals surface area contributed by atoms with Crippen molar-refractivity contribution in [2.45, 2.75) is 6.54 Å². The molecule has 88 valence electrons. The van der Waals surface area contributed by atoms with Gasteiger partial charge in [0.2, 0.25) is 0 Å². The summed E-state index contributed by atoms with van der Waals surface area (Å²) in [5, 5.41) is 3.10. The van der Waals surface area contributed by atoms with E-state index in [4.69, 9.17) is 22.4 Å². The lowest BCUT2D eigenvalue weighted by Crippen LogP contribution is -2.13. The molecule has 1 aromatic heterocycles. The number of furan rings is 1. The van der Waals surface area contributed by atoms with Crippen molar-refractivity contribution in [1.29, 1.82) is 0 Å². The van der Waals surface area contributed by atoms with Crippen LogP contribution < -0.4 is 11.1 Å². The van der Waals surface area contributed by atoms with Crippen molar-refractivity contribution in [3.05, 3.63) is 53.7 Å². The summed E-state index contributed by atoms with van der Waals surface area (Å²) >= 11 is 4.87. The van der Waals surface area contributed by atoms with Gasteiger partial charge in [0, 0.05) is 11.3 Å². The molecule has 0 spiro atoms. The van der Waals surface area contributed by atoms with Crippen LogP contribution >= 0.6 is 12.2 Å². The van der Waals surface area contributed by atoms with Gasteiger partial charge in [-0.25, -0.2) is 4.39 Å². The SMILES string of the molecule is NC(=S)c1cc(F)ccc1NCc1ccco1. The van der Waals surface area contributed by atoms with Crippen LogP contribution in [0.3, 0.4) is 0 Å². The first-order chi connectivity index (χ1) is 8.16. The summed E-state index contributed by atoms with van der Waals surface area (Å²) < 4.78 is 18.2. The largest absolute Gasteiger partial charge is 0.467 e. The predicted molar refractivity (Wildman–Crippen MR) is 68.3 cm³/mol. The maximum atomic E-state index is 13.1. The molecule has 1 heterocycles. The number of hydrogen-bond acceptors (Lipinski definition) is 3. The second-order valence-electron chi connectivity index (χ2n) is 3.49. The predicted octanol–water partition coefficient (Wildman–Crippen LogP) is 2.67. The quantitative estimate of drug-likeness (QED) is 0.819. The maximum absolute atomic E-state index is 13.1. The van der Waals surface area contributed by atoms with Gasteiger partial charge in [-0.05, 0) is 30.3 Å². The average Bonchev–Trinajstić information content (AvgIpc) is 2.80. The summed E-state index contributed by atoms with van der Waals surface area (Å²) in [5.74, 6) is 0.416. The van der Waals surface area contributed by atoms with E-state index in [1.165, 1.54) is 12.1 Å². The highest BCUT2D eigenvalue weighted by Gasteiger charge is 2.07. The molecule has 2 aromatic rings. The molecule has 0 fully saturated rings. The molecule has 2 rings (SSSR count). The van der Waals surface area contributed by atoms with Crippen LogP contribution in [0.4, 0.5) is 10.1 Å². The number of thiocarbonyl (C=S) groups is 1. The van der Waals surface area contributed by atoms with Gasteiger partial charge in [-0.15, -0.1) is 0 Å². The number of nitrogens with one attached hydrogen (secondary N) is 1. The molecule has 5 heteroatoms. The molecule has 3 N–H and O–H groups in total. The third-order valence-corrected chi connectivity index (χ3v) is 2.50. The molecule has 3 nitrogen and oxygen atoms in total. The van der Waals surface area contributed by atoms with Crippen molar-refractivity contribution in [2.24, 2.45) is 5.73 Å². The molecular weight excluding hydrogens is 239 g/mol. The summed E-state index contributed by atoms with van der Waals surface area (Å²) in [6.45, 7) is 0.494. The minimum Gasteiger partial charge on any atom is -0.467 e. The molecule has 0 aliphatic carbocycles. The fourth-order valence-corrected chi connectivity index (χ4v) is 1.64. The molecular formula is C12H11FN2OS. The Morgan fingerprint density at radius 2 is 2.24 bits per heavy atom. The standard InChI is InChI=1S/C12H11FN2OS/c13-8-3-4-11(10(6-8)12(14)17)15-7-9-2-1-5-16-9/h1-6,15H,7H2,(H2,14,17). The molecule has 0 atom stereocenters. The number of anilines is 1. The van der Waals surface area contributed by atoms with Crippen molar-refractivity contribution in [3.63, 3.8) is 0 Å². The Morgan fingerprint density at radius 3 is 2.88 bits per heavy atom. The summed E-state index contributed by atoms with van der Waals surface area (Å²) in [4.78, 5) is 0.159. The molecule has 0 radical (unpaired) electrons. The molecule has 0 saturated heterocycles. The third kappa shape index (κ3) is 2.82. The normalized spacial score (nSPS) is 10.2. The second kappa shape index (κ2) is 4.97. The Hall–Kier alpha value is -1.88. The van der Waals surface area contributed by atoms with Gasteiger partial charge in [-0.3, -0.25) is 0 Å². The van der Waals surface area contributed by atoms with Gasteiger partial charge in [0.1, 0.15) is 16.6 Å². The van der Waals surface area contributed by atoms with E-state index >= 15 is 0 Å². The van der Waals surface area contributed by atoms with Gasteiger partial charge in [0.25, 0.3) is 0 Å². The van der Waals surface area contributed by atoms with Gasteiger partial charge in [0.15, 0.2) is 0 Å². The van der Waals surface area contributed by atoms with Crippen molar-refractivity contribution >= 4 is 22.9 Å². The number of hydrogen-bond donors (Lipinski definition) is 2. The molecule has 0 aliphatic rings. The number of halogens is 1. The van der Waals surface area contributed by atoms with E-state index in [0.717, 1.165) is 5.76 Å². The van der Waals surface area contributed by atoms with Crippen molar-refractivity contribution in [2.75, 3.05) is 5.32 Å². The van der Waals surface area contributed by atoms with E-state index < -0.39 is 0 Å². The highest BCUT2D eigenvalue weighted by atomic mass is 32.1. The van der Waals surface area contributed by atoms with E-state index in [0.29, 0.717) is 17.8 Å². The zero-order valence-electron chi connectivity index (χ0n) is 8.94. The fraction of sp³-hybridized carbons (Fsp3) is 0.0833. The summed E-state index contributed by atoms with van der Waals surface area (Å²) in [7, 11) is 0. The minimum atomic E-state index is -0.364. The second-order valence-corrected chi connectivity index (χ2v) is 3.93. The molecule has 0 saturated carbocycles. The first kappa shape index (κ1) is 11.6. The number of benzene rings is 1. The Balaban J connectivity index is 2.17. The first-order valence-electron chi connectivity index (χ1n) is 5.02. The molecule has 0 aliphatic heterocycles. The topological polar surface area (TPSA) is 51.2 Å². The van der Waals surface area contributed by atoms with Crippen LogP contribution in [0.25, 0.3) is 0 Å². The molecule has 0 amide bonds. The van der Waals surface area contributed by atoms with E-state index in [9.17, 15) is 4.39 Å². The minimum absolute atomic E-state index is 0.159. The lowest BCUT2D eigenvalue weighted by Gasteiger charge is -2.10. The molecule has 0 bridgehead atoms. The van der Waals surface area contributed by atoms with Crippen LogP contribution in [-0.2, 0) is 6.54 Å². The maximum Gasteiger partial charge on any atom is 0.124 e. The van der Waals surface area contributed by atoms with Gasteiger partial charge in [-0.1, -0.05) is 12.2 Å². The Bertz CT molecular complexity index is 525. The van der Waals surface area contributed by atoms with E-state index in [2.05, 4.69) is 5.32 Å². The van der Waals surface area contributed by atoms with Crippen LogP contribution in [0, 0.1) is 5.82 Å². The van der Waals surface area contributed by atoms with E-state index in [1.807, 2.05) is 6.07 Å². The van der Waals surface area contributed by atoms with Gasteiger partial charge >= 0.3 is 0 Å². The third-order valence-electron chi connectivity index (χ3n) is 2.28. The smallest absolute Gasteiger partial charge is 0.124 e. The average molecular weight is 250 g/mol. The van der Waals surface area contributed by atoms with E-state index in [1.54, 1.807) is 18.4 Å². The van der Waals surface area contributed by atoms with Crippen LogP contribution in [0.1, 0.15) is 11.3 Å². The summed E-state index contributed by atoms with van der Waals surface area (Å²) in [5.41, 5.74) is 6.72. The molecule has 1 aromatic carbocycles. The first-order valence-corrected chi connectivity index (χ1v) is 5.43. The highest BCUT2D eigenvalue weighted by Crippen LogP contribution is 2.18. The van der Waals surface area contributed by atoms with E-state index in [-0.39, 0.29) is 10.8 Å². The van der Waals surface area contributed by atoms with Gasteiger partial charge in [0.05, 0.1) is 12.8 Å². The molecule has 0 unspecified atom stereocenters. The fourth-order valence-electron chi connectivity index (χ4n) is 1.47. The summed E-state index contributed by atoms with van der Waals surface area (Å²) in [6, 6.07) is 7.92. The van der Waals surface area contributed by atoms with Crippen LogP contribution in [0.5, 0.6) is 0 Å².